The molecule has 2 heterocycles. The molecule has 134 valence electrons. The van der Waals surface area contributed by atoms with Gasteiger partial charge in [-0.2, -0.15) is 0 Å². The van der Waals surface area contributed by atoms with E-state index in [1.807, 2.05) is 66.9 Å². The Labute approximate surface area is 162 Å². The lowest BCUT2D eigenvalue weighted by Gasteiger charge is -2.06. The molecule has 2 aromatic carbocycles. The summed E-state index contributed by atoms with van der Waals surface area (Å²) in [6.45, 7) is 2.12. The fourth-order valence-corrected chi connectivity index (χ4v) is 3.70. The van der Waals surface area contributed by atoms with E-state index in [-0.39, 0.29) is 5.91 Å². The quantitative estimate of drug-likeness (QED) is 0.659. The molecule has 1 aliphatic heterocycles. The largest absolute Gasteiger partial charge is 0.317 e. The van der Waals surface area contributed by atoms with Gasteiger partial charge in [0.05, 0.1) is 10.6 Å². The summed E-state index contributed by atoms with van der Waals surface area (Å²) in [4.78, 5) is 17.5. The van der Waals surface area contributed by atoms with E-state index in [4.69, 9.17) is 0 Å². The maximum absolute atomic E-state index is 12.4. The van der Waals surface area contributed by atoms with Gasteiger partial charge in [-0.1, -0.05) is 37.3 Å². The predicted octanol–water partition coefficient (Wildman–Crippen LogP) is 4.93. The first-order valence-electron chi connectivity index (χ1n) is 8.84. The summed E-state index contributed by atoms with van der Waals surface area (Å²) in [5.41, 5.74) is 4.11. The first-order valence-corrected chi connectivity index (χ1v) is 9.66. The minimum atomic E-state index is -0.121. The fraction of sp³-hybridized carbons (Fsp3) is 0.0909. The minimum Gasteiger partial charge on any atom is -0.317 e. The number of para-hydroxylation sites is 1. The number of aliphatic imine (C=N–C) groups is 1. The van der Waals surface area contributed by atoms with Crippen molar-refractivity contribution in [2.24, 2.45) is 4.99 Å². The van der Waals surface area contributed by atoms with E-state index in [0.717, 1.165) is 23.5 Å². The number of hydrogen-bond donors (Lipinski definition) is 1. The number of aryl methyl sites for hydroxylation is 1. The van der Waals surface area contributed by atoms with Crippen LogP contribution >= 0.6 is 11.8 Å². The van der Waals surface area contributed by atoms with Crippen molar-refractivity contribution in [1.82, 2.24) is 9.88 Å². The van der Waals surface area contributed by atoms with E-state index < -0.39 is 0 Å². The van der Waals surface area contributed by atoms with Gasteiger partial charge in [-0.15, -0.1) is 0 Å². The zero-order valence-electron chi connectivity index (χ0n) is 14.9. The highest BCUT2D eigenvalue weighted by Crippen LogP contribution is 2.28. The van der Waals surface area contributed by atoms with Gasteiger partial charge >= 0.3 is 0 Å². The Kier molecular flexibility index (Phi) is 4.94. The second kappa shape index (κ2) is 7.68. The van der Waals surface area contributed by atoms with E-state index in [1.54, 1.807) is 0 Å². The lowest BCUT2D eigenvalue weighted by Crippen LogP contribution is -2.19. The molecule has 0 unspecified atom stereocenters. The van der Waals surface area contributed by atoms with Gasteiger partial charge in [0.15, 0.2) is 5.17 Å². The van der Waals surface area contributed by atoms with Crippen molar-refractivity contribution in [3.63, 3.8) is 0 Å². The van der Waals surface area contributed by atoms with Crippen LogP contribution in [-0.2, 0) is 11.2 Å². The first-order chi connectivity index (χ1) is 13.2. The zero-order valence-corrected chi connectivity index (χ0v) is 15.7. The highest BCUT2D eigenvalue weighted by Gasteiger charge is 2.24. The van der Waals surface area contributed by atoms with E-state index in [1.165, 1.54) is 17.3 Å². The van der Waals surface area contributed by atoms with Gasteiger partial charge in [0.25, 0.3) is 5.91 Å². The van der Waals surface area contributed by atoms with Crippen molar-refractivity contribution in [3.05, 3.63) is 89.1 Å². The van der Waals surface area contributed by atoms with Crippen LogP contribution in [-0.4, -0.2) is 15.6 Å². The second-order valence-corrected chi connectivity index (χ2v) is 7.17. The minimum absolute atomic E-state index is 0.121. The van der Waals surface area contributed by atoms with Crippen LogP contribution in [0.3, 0.4) is 0 Å². The van der Waals surface area contributed by atoms with Gasteiger partial charge < -0.3 is 9.88 Å². The molecule has 4 nitrogen and oxygen atoms in total. The van der Waals surface area contributed by atoms with Crippen molar-refractivity contribution in [1.29, 1.82) is 0 Å². The summed E-state index contributed by atoms with van der Waals surface area (Å²) in [6.07, 6.45) is 4.88. The summed E-state index contributed by atoms with van der Waals surface area (Å²) in [5.74, 6) is -0.121. The Morgan fingerprint density at radius 1 is 1.04 bits per heavy atom. The molecule has 1 N–H and O–H groups in total. The van der Waals surface area contributed by atoms with E-state index in [9.17, 15) is 4.79 Å². The molecule has 0 radical (unpaired) electrons. The third kappa shape index (κ3) is 3.88. The van der Waals surface area contributed by atoms with Crippen molar-refractivity contribution >= 4 is 34.6 Å². The zero-order chi connectivity index (χ0) is 18.6. The Morgan fingerprint density at radius 3 is 2.56 bits per heavy atom. The fourth-order valence-electron chi connectivity index (χ4n) is 2.87. The van der Waals surface area contributed by atoms with Gasteiger partial charge in [-0.25, -0.2) is 4.99 Å². The third-order valence-corrected chi connectivity index (χ3v) is 5.23. The molecule has 0 atom stereocenters. The number of nitrogens with one attached hydrogen (secondary N) is 1. The summed E-state index contributed by atoms with van der Waals surface area (Å²) in [7, 11) is 0. The molecular formula is C22H19N3OS. The van der Waals surface area contributed by atoms with Crippen molar-refractivity contribution in [3.8, 4) is 5.69 Å². The van der Waals surface area contributed by atoms with Gasteiger partial charge in [-0.05, 0) is 66.2 Å². The highest BCUT2D eigenvalue weighted by atomic mass is 32.2. The van der Waals surface area contributed by atoms with Crippen LogP contribution in [0.1, 0.15) is 18.2 Å². The van der Waals surface area contributed by atoms with E-state index in [0.29, 0.717) is 10.1 Å². The number of thioether (sulfide) groups is 1. The molecular weight excluding hydrogens is 354 g/mol. The number of rotatable bonds is 4. The predicted molar refractivity (Wildman–Crippen MR) is 112 cm³/mol. The summed E-state index contributed by atoms with van der Waals surface area (Å²) in [6, 6.07) is 22.1. The SMILES string of the molecule is CCc1ccc(N=C2NC(=O)/C(=C/c3cccn3-c3ccccc3)S2)cc1. The molecule has 0 saturated carbocycles. The second-order valence-electron chi connectivity index (χ2n) is 6.14. The molecule has 0 aliphatic carbocycles. The monoisotopic (exact) mass is 373 g/mol. The molecule has 4 rings (SSSR count). The van der Waals surface area contributed by atoms with Crippen LogP contribution in [0, 0.1) is 0 Å². The van der Waals surface area contributed by atoms with Gasteiger partial charge in [-0.3, -0.25) is 4.79 Å². The average molecular weight is 373 g/mol. The number of carbonyl (C=O) groups excluding carboxylic acids is 1. The Balaban J connectivity index is 1.58. The molecule has 1 aromatic heterocycles. The smallest absolute Gasteiger partial charge is 0.264 e. The Bertz CT molecular complexity index is 1020. The van der Waals surface area contributed by atoms with Crippen LogP contribution in [0.4, 0.5) is 5.69 Å². The standard InChI is InChI=1S/C22H19N3OS/c1-2-16-10-12-17(13-11-16)23-22-24-21(26)20(27-22)15-19-9-6-14-25(19)18-7-4-3-5-8-18/h3-15H,2H2,1H3,(H,23,24,26)/b20-15-. The number of aromatic nitrogens is 1. The lowest BCUT2D eigenvalue weighted by atomic mass is 10.2. The Morgan fingerprint density at radius 2 is 1.81 bits per heavy atom. The number of benzene rings is 2. The highest BCUT2D eigenvalue weighted by molar-refractivity contribution is 8.18. The van der Waals surface area contributed by atoms with E-state index in [2.05, 4.69) is 33.9 Å². The van der Waals surface area contributed by atoms with E-state index >= 15 is 0 Å². The third-order valence-electron chi connectivity index (χ3n) is 4.32. The van der Waals surface area contributed by atoms with Crippen molar-refractivity contribution in [2.45, 2.75) is 13.3 Å². The molecule has 5 heteroatoms. The summed E-state index contributed by atoms with van der Waals surface area (Å²) in [5, 5.41) is 3.45. The molecule has 0 spiro atoms. The first kappa shape index (κ1) is 17.4. The van der Waals surface area contributed by atoms with Crippen LogP contribution in [0.5, 0.6) is 0 Å². The maximum atomic E-state index is 12.4. The molecule has 27 heavy (non-hydrogen) atoms. The summed E-state index contributed by atoms with van der Waals surface area (Å²) < 4.78 is 2.06. The lowest BCUT2D eigenvalue weighted by molar-refractivity contribution is -0.115. The Hall–Kier alpha value is -3.05. The number of amides is 1. The van der Waals surface area contributed by atoms with Crippen LogP contribution in [0.2, 0.25) is 0 Å². The number of hydrogen-bond acceptors (Lipinski definition) is 3. The van der Waals surface area contributed by atoms with Gasteiger partial charge in [0, 0.05) is 17.6 Å². The molecule has 3 aromatic rings. The maximum Gasteiger partial charge on any atom is 0.264 e. The van der Waals surface area contributed by atoms with Crippen LogP contribution < -0.4 is 5.32 Å². The van der Waals surface area contributed by atoms with Crippen molar-refractivity contribution < 1.29 is 4.79 Å². The number of nitrogens with zero attached hydrogens (tertiary/aromatic N) is 2. The summed E-state index contributed by atoms with van der Waals surface area (Å²) >= 11 is 1.36. The van der Waals surface area contributed by atoms with Crippen molar-refractivity contribution in [2.75, 3.05) is 0 Å². The molecule has 1 amide bonds. The topological polar surface area (TPSA) is 46.4 Å². The van der Waals surface area contributed by atoms with Gasteiger partial charge in [0.2, 0.25) is 0 Å². The molecule has 0 bridgehead atoms. The molecule has 1 aliphatic rings. The van der Waals surface area contributed by atoms with Crippen LogP contribution in [0.25, 0.3) is 11.8 Å². The van der Waals surface area contributed by atoms with Gasteiger partial charge in [0.1, 0.15) is 0 Å². The molecule has 1 fully saturated rings. The average Bonchev–Trinajstić information content (AvgIpc) is 3.30. The number of carbonyl (C=O) groups is 1. The normalized spacial score (nSPS) is 16.9. The van der Waals surface area contributed by atoms with Crippen LogP contribution in [0.15, 0.2) is 82.8 Å². The number of amidine groups is 1. The molecule has 1 saturated heterocycles.